The van der Waals surface area contributed by atoms with Gasteiger partial charge < -0.3 is 4.57 Å². The highest BCUT2D eigenvalue weighted by molar-refractivity contribution is 4.92. The molecule has 0 N–H and O–H groups in total. The molecule has 0 aliphatic heterocycles. The van der Waals surface area contributed by atoms with Crippen LogP contribution in [0.2, 0.25) is 0 Å². The molecule has 0 bridgehead atoms. The molecule has 0 aromatic carbocycles. The molecule has 1 rings (SSSR count). The highest BCUT2D eigenvalue weighted by Gasteiger charge is 2.00. The van der Waals surface area contributed by atoms with E-state index in [4.69, 9.17) is 0 Å². The van der Waals surface area contributed by atoms with E-state index < -0.39 is 0 Å². The van der Waals surface area contributed by atoms with Gasteiger partial charge in [0.2, 0.25) is 0 Å². The number of hydrogen-bond donors (Lipinski definition) is 0. The molecule has 0 saturated heterocycles. The normalized spacial score (nSPS) is 10.5. The average Bonchev–Trinajstić information content (AvgIpc) is 2.66. The van der Waals surface area contributed by atoms with Crippen molar-refractivity contribution in [2.45, 2.75) is 52.0 Å². The monoisotopic (exact) mass is 206 g/mol. The number of aryl methyl sites for hydroxylation is 2. The molecule has 15 heavy (non-hydrogen) atoms. The van der Waals surface area contributed by atoms with E-state index in [-0.39, 0.29) is 0 Å². The molecular weight excluding hydrogens is 184 g/mol. The summed E-state index contributed by atoms with van der Waals surface area (Å²) in [7, 11) is 0. The molecule has 0 radical (unpaired) electrons. The second-order valence-corrected chi connectivity index (χ2v) is 3.92. The summed E-state index contributed by atoms with van der Waals surface area (Å²) in [4.78, 5) is 4.37. The maximum atomic E-state index is 4.37. The summed E-state index contributed by atoms with van der Waals surface area (Å²) in [6.45, 7) is 7.05. The highest BCUT2D eigenvalue weighted by atomic mass is 15.1. The number of allylic oxidation sites excluding steroid dienone is 1. The zero-order chi connectivity index (χ0) is 10.9. The van der Waals surface area contributed by atoms with Crippen LogP contribution in [-0.4, -0.2) is 9.55 Å². The molecule has 1 aromatic rings. The lowest BCUT2D eigenvalue weighted by molar-refractivity contribution is 0.568. The number of hydrogen-bond acceptors (Lipinski definition) is 1. The van der Waals surface area contributed by atoms with Crippen LogP contribution in [0.25, 0.3) is 0 Å². The van der Waals surface area contributed by atoms with Crippen LogP contribution in [0.4, 0.5) is 0 Å². The SMILES string of the molecule is C=CCCCCCn1ccnc1CCC. The molecule has 0 saturated carbocycles. The van der Waals surface area contributed by atoms with E-state index in [0.717, 1.165) is 19.4 Å². The molecule has 0 atom stereocenters. The Kier molecular flexibility index (Phi) is 5.83. The Labute approximate surface area is 93.0 Å². The molecule has 2 heteroatoms. The zero-order valence-electron chi connectivity index (χ0n) is 9.78. The predicted molar refractivity (Wildman–Crippen MR) is 64.9 cm³/mol. The molecule has 2 nitrogen and oxygen atoms in total. The van der Waals surface area contributed by atoms with E-state index in [0.29, 0.717) is 0 Å². The van der Waals surface area contributed by atoms with Gasteiger partial charge in [0.25, 0.3) is 0 Å². The third-order valence-corrected chi connectivity index (χ3v) is 2.58. The van der Waals surface area contributed by atoms with Crippen molar-refractivity contribution in [3.8, 4) is 0 Å². The lowest BCUT2D eigenvalue weighted by atomic mass is 10.2. The van der Waals surface area contributed by atoms with Crippen molar-refractivity contribution in [2.24, 2.45) is 0 Å². The number of aromatic nitrogens is 2. The molecular formula is C13H22N2. The summed E-state index contributed by atoms with van der Waals surface area (Å²) in [5.41, 5.74) is 0. The van der Waals surface area contributed by atoms with Crippen LogP contribution >= 0.6 is 0 Å². The number of unbranched alkanes of at least 4 members (excludes halogenated alkanes) is 3. The summed E-state index contributed by atoms with van der Waals surface area (Å²) in [5, 5.41) is 0. The summed E-state index contributed by atoms with van der Waals surface area (Å²) in [6.07, 6.45) is 13.2. The van der Waals surface area contributed by atoms with E-state index in [1.807, 2.05) is 12.3 Å². The van der Waals surface area contributed by atoms with Crippen molar-refractivity contribution in [1.29, 1.82) is 0 Å². The molecule has 0 aliphatic rings. The number of rotatable bonds is 8. The Bertz CT molecular complexity index is 276. The van der Waals surface area contributed by atoms with Crippen LogP contribution in [0.5, 0.6) is 0 Å². The standard InChI is InChI=1S/C13H22N2/c1-3-5-6-7-8-11-15-12-10-14-13(15)9-4-2/h3,10,12H,1,4-9,11H2,2H3. The van der Waals surface area contributed by atoms with Gasteiger partial charge in [-0.2, -0.15) is 0 Å². The Morgan fingerprint density at radius 3 is 3.00 bits per heavy atom. The van der Waals surface area contributed by atoms with Crippen molar-refractivity contribution in [2.75, 3.05) is 0 Å². The van der Waals surface area contributed by atoms with Gasteiger partial charge in [-0.25, -0.2) is 4.98 Å². The van der Waals surface area contributed by atoms with E-state index in [2.05, 4.69) is 29.3 Å². The molecule has 1 aromatic heterocycles. The average molecular weight is 206 g/mol. The Hall–Kier alpha value is -1.05. The number of nitrogens with zero attached hydrogens (tertiary/aromatic N) is 2. The molecule has 0 unspecified atom stereocenters. The second kappa shape index (κ2) is 7.27. The largest absolute Gasteiger partial charge is 0.335 e. The van der Waals surface area contributed by atoms with E-state index >= 15 is 0 Å². The van der Waals surface area contributed by atoms with Gasteiger partial charge >= 0.3 is 0 Å². The fourth-order valence-corrected chi connectivity index (χ4v) is 1.74. The van der Waals surface area contributed by atoms with E-state index in [1.165, 1.54) is 31.5 Å². The fraction of sp³-hybridized carbons (Fsp3) is 0.615. The summed E-state index contributed by atoms with van der Waals surface area (Å²) in [5.74, 6) is 1.24. The minimum absolute atomic E-state index is 1.10. The quantitative estimate of drug-likeness (QED) is 0.469. The van der Waals surface area contributed by atoms with Crippen molar-refractivity contribution in [3.63, 3.8) is 0 Å². The minimum Gasteiger partial charge on any atom is -0.335 e. The van der Waals surface area contributed by atoms with Crippen molar-refractivity contribution < 1.29 is 0 Å². The smallest absolute Gasteiger partial charge is 0.108 e. The van der Waals surface area contributed by atoms with Gasteiger partial charge in [-0.3, -0.25) is 0 Å². The van der Waals surface area contributed by atoms with Crippen molar-refractivity contribution >= 4 is 0 Å². The summed E-state index contributed by atoms with van der Waals surface area (Å²) < 4.78 is 2.29. The Morgan fingerprint density at radius 2 is 2.27 bits per heavy atom. The third-order valence-electron chi connectivity index (χ3n) is 2.58. The first-order valence-electron chi connectivity index (χ1n) is 5.99. The second-order valence-electron chi connectivity index (χ2n) is 3.92. The number of imidazole rings is 1. The highest BCUT2D eigenvalue weighted by Crippen LogP contribution is 2.06. The van der Waals surface area contributed by atoms with Crippen LogP contribution in [-0.2, 0) is 13.0 Å². The maximum absolute atomic E-state index is 4.37. The summed E-state index contributed by atoms with van der Waals surface area (Å²) in [6, 6.07) is 0. The van der Waals surface area contributed by atoms with Gasteiger partial charge in [0.1, 0.15) is 5.82 Å². The Balaban J connectivity index is 2.24. The Morgan fingerprint density at radius 1 is 1.40 bits per heavy atom. The van der Waals surface area contributed by atoms with E-state index in [1.54, 1.807) is 0 Å². The zero-order valence-corrected chi connectivity index (χ0v) is 9.78. The predicted octanol–water partition coefficient (Wildman–Crippen LogP) is 3.58. The van der Waals surface area contributed by atoms with Crippen molar-refractivity contribution in [1.82, 2.24) is 9.55 Å². The summed E-state index contributed by atoms with van der Waals surface area (Å²) >= 11 is 0. The molecule has 0 aliphatic carbocycles. The molecule has 84 valence electrons. The molecule has 0 fully saturated rings. The van der Waals surface area contributed by atoms with Gasteiger partial charge in [0, 0.05) is 25.4 Å². The van der Waals surface area contributed by atoms with Crippen LogP contribution in [0, 0.1) is 0 Å². The molecule has 1 heterocycles. The van der Waals surface area contributed by atoms with Crippen LogP contribution < -0.4 is 0 Å². The van der Waals surface area contributed by atoms with Gasteiger partial charge in [0.15, 0.2) is 0 Å². The fourth-order valence-electron chi connectivity index (χ4n) is 1.74. The van der Waals surface area contributed by atoms with Gasteiger partial charge in [-0.15, -0.1) is 6.58 Å². The van der Waals surface area contributed by atoms with Gasteiger partial charge in [0.05, 0.1) is 0 Å². The first-order valence-corrected chi connectivity index (χ1v) is 5.99. The lowest BCUT2D eigenvalue weighted by Gasteiger charge is -2.06. The maximum Gasteiger partial charge on any atom is 0.108 e. The minimum atomic E-state index is 1.10. The van der Waals surface area contributed by atoms with Gasteiger partial charge in [-0.05, 0) is 25.7 Å². The first-order chi connectivity index (χ1) is 7.38. The van der Waals surface area contributed by atoms with Crippen LogP contribution in [0.3, 0.4) is 0 Å². The topological polar surface area (TPSA) is 17.8 Å². The van der Waals surface area contributed by atoms with Gasteiger partial charge in [-0.1, -0.05) is 19.4 Å². The van der Waals surface area contributed by atoms with E-state index in [9.17, 15) is 0 Å². The third kappa shape index (κ3) is 4.32. The molecule has 0 spiro atoms. The van der Waals surface area contributed by atoms with Crippen LogP contribution in [0.1, 0.15) is 44.9 Å². The van der Waals surface area contributed by atoms with Crippen molar-refractivity contribution in [3.05, 3.63) is 30.9 Å². The first kappa shape index (κ1) is 12.0. The molecule has 0 amide bonds. The lowest BCUT2D eigenvalue weighted by Crippen LogP contribution is -2.02. The van der Waals surface area contributed by atoms with Crippen LogP contribution in [0.15, 0.2) is 25.0 Å².